The molecule has 24 heavy (non-hydrogen) atoms. The summed E-state index contributed by atoms with van der Waals surface area (Å²) >= 11 is 0. The van der Waals surface area contributed by atoms with Gasteiger partial charge in [0.05, 0.1) is 6.42 Å². The van der Waals surface area contributed by atoms with Crippen molar-refractivity contribution in [1.82, 2.24) is 16.0 Å². The summed E-state index contributed by atoms with van der Waals surface area (Å²) in [6.45, 7) is 7.48. The van der Waals surface area contributed by atoms with Crippen molar-refractivity contribution in [2.45, 2.75) is 52.1 Å². The topological polar surface area (TPSA) is 70.2 Å². The van der Waals surface area contributed by atoms with E-state index >= 15 is 0 Å². The molecule has 1 aromatic rings. The third-order valence-electron chi connectivity index (χ3n) is 3.57. The van der Waals surface area contributed by atoms with Gasteiger partial charge in [-0.1, -0.05) is 50.6 Å². The molecular formula is C18H30ClN3O2. The van der Waals surface area contributed by atoms with Crippen molar-refractivity contribution in [2.24, 2.45) is 0 Å². The van der Waals surface area contributed by atoms with Crippen molar-refractivity contribution in [1.29, 1.82) is 0 Å². The highest BCUT2D eigenvalue weighted by molar-refractivity contribution is 5.88. The van der Waals surface area contributed by atoms with Crippen LogP contribution in [0.3, 0.4) is 0 Å². The number of hydrogen-bond acceptors (Lipinski definition) is 3. The molecule has 6 heteroatoms. The van der Waals surface area contributed by atoms with Gasteiger partial charge < -0.3 is 16.0 Å². The number of rotatable bonds is 10. The van der Waals surface area contributed by atoms with Crippen LogP contribution in [0.25, 0.3) is 0 Å². The molecule has 0 saturated carbocycles. The number of benzene rings is 1. The largest absolute Gasteiger partial charge is 0.353 e. The monoisotopic (exact) mass is 355 g/mol. The predicted molar refractivity (Wildman–Crippen MR) is 100 cm³/mol. The van der Waals surface area contributed by atoms with Gasteiger partial charge in [0.1, 0.15) is 6.04 Å². The average Bonchev–Trinajstić information content (AvgIpc) is 2.53. The first kappa shape index (κ1) is 22.4. The lowest BCUT2D eigenvalue weighted by molar-refractivity contribution is -0.128. The van der Waals surface area contributed by atoms with Crippen LogP contribution in [-0.4, -0.2) is 37.0 Å². The van der Waals surface area contributed by atoms with Gasteiger partial charge in [-0.2, -0.15) is 0 Å². The van der Waals surface area contributed by atoms with E-state index in [0.29, 0.717) is 19.4 Å². The van der Waals surface area contributed by atoms with E-state index in [4.69, 9.17) is 0 Å². The molecule has 2 atom stereocenters. The van der Waals surface area contributed by atoms with Gasteiger partial charge in [-0.05, 0) is 25.5 Å². The molecule has 0 bridgehead atoms. The van der Waals surface area contributed by atoms with Gasteiger partial charge >= 0.3 is 0 Å². The van der Waals surface area contributed by atoms with Crippen LogP contribution in [-0.2, 0) is 16.0 Å². The molecule has 0 aromatic heterocycles. The Balaban J connectivity index is 0.00000529. The van der Waals surface area contributed by atoms with Gasteiger partial charge in [0, 0.05) is 12.6 Å². The van der Waals surface area contributed by atoms with Gasteiger partial charge in [-0.3, -0.25) is 9.59 Å². The third kappa shape index (κ3) is 8.89. The second-order valence-electron chi connectivity index (χ2n) is 5.78. The highest BCUT2D eigenvalue weighted by Crippen LogP contribution is 2.02. The first-order valence-corrected chi connectivity index (χ1v) is 8.41. The van der Waals surface area contributed by atoms with Crippen LogP contribution in [0.4, 0.5) is 0 Å². The van der Waals surface area contributed by atoms with Gasteiger partial charge in [-0.15, -0.1) is 12.4 Å². The molecule has 0 saturated heterocycles. The van der Waals surface area contributed by atoms with Crippen LogP contribution in [0, 0.1) is 0 Å². The minimum Gasteiger partial charge on any atom is -0.353 e. The summed E-state index contributed by atoms with van der Waals surface area (Å²) < 4.78 is 0. The molecule has 5 nitrogen and oxygen atoms in total. The number of halogens is 1. The quantitative estimate of drug-likeness (QED) is 0.601. The maximum atomic E-state index is 12.3. The summed E-state index contributed by atoms with van der Waals surface area (Å²) in [7, 11) is 0. The maximum absolute atomic E-state index is 12.3. The molecule has 0 aliphatic rings. The standard InChI is InChI=1S/C18H29N3O2.ClH/c1-4-9-16(18(23)20-13-14(3)19-5-2)21-17(22)12-15-10-7-6-8-11-15;/h6-8,10-11,14,16,19H,4-5,9,12-13H2,1-3H3,(H,20,23)(H,21,22);1H/t14-,16?;/m1./s1. The molecule has 0 aliphatic carbocycles. The Hall–Kier alpha value is -1.59. The summed E-state index contributed by atoms with van der Waals surface area (Å²) in [5, 5.41) is 9.00. The smallest absolute Gasteiger partial charge is 0.242 e. The van der Waals surface area contributed by atoms with Crippen LogP contribution >= 0.6 is 12.4 Å². The van der Waals surface area contributed by atoms with E-state index < -0.39 is 6.04 Å². The van der Waals surface area contributed by atoms with Gasteiger partial charge in [-0.25, -0.2) is 0 Å². The van der Waals surface area contributed by atoms with Crippen LogP contribution in [0.2, 0.25) is 0 Å². The number of carbonyl (C=O) groups is 2. The minimum atomic E-state index is -0.468. The van der Waals surface area contributed by atoms with Crippen molar-refractivity contribution in [3.63, 3.8) is 0 Å². The first-order chi connectivity index (χ1) is 11.1. The van der Waals surface area contributed by atoms with Crippen LogP contribution in [0.15, 0.2) is 30.3 Å². The fourth-order valence-corrected chi connectivity index (χ4v) is 2.38. The Morgan fingerprint density at radius 1 is 1.12 bits per heavy atom. The Labute approximate surface area is 151 Å². The molecule has 0 spiro atoms. The second-order valence-corrected chi connectivity index (χ2v) is 5.78. The lowest BCUT2D eigenvalue weighted by Gasteiger charge is -2.20. The van der Waals surface area contributed by atoms with Gasteiger partial charge in [0.25, 0.3) is 0 Å². The van der Waals surface area contributed by atoms with Crippen molar-refractivity contribution in [3.05, 3.63) is 35.9 Å². The fraction of sp³-hybridized carbons (Fsp3) is 0.556. The van der Waals surface area contributed by atoms with E-state index in [9.17, 15) is 9.59 Å². The number of hydrogen-bond donors (Lipinski definition) is 3. The molecule has 0 heterocycles. The molecule has 2 amide bonds. The van der Waals surface area contributed by atoms with Crippen molar-refractivity contribution in [3.8, 4) is 0 Å². The average molecular weight is 356 g/mol. The number of amides is 2. The maximum Gasteiger partial charge on any atom is 0.242 e. The number of carbonyl (C=O) groups excluding carboxylic acids is 2. The highest BCUT2D eigenvalue weighted by Gasteiger charge is 2.20. The van der Waals surface area contributed by atoms with Gasteiger partial charge in [0.15, 0.2) is 0 Å². The van der Waals surface area contributed by atoms with E-state index in [0.717, 1.165) is 18.5 Å². The molecule has 0 aliphatic heterocycles. The van der Waals surface area contributed by atoms with Crippen LogP contribution in [0.1, 0.15) is 39.2 Å². The predicted octanol–water partition coefficient (Wildman–Crippen LogP) is 2.05. The molecule has 1 unspecified atom stereocenters. The molecule has 0 fully saturated rings. The Kier molecular flexibility index (Phi) is 11.9. The Bertz CT molecular complexity index is 482. The molecule has 0 radical (unpaired) electrons. The van der Waals surface area contributed by atoms with E-state index in [1.165, 1.54) is 0 Å². The molecule has 1 rings (SSSR count). The summed E-state index contributed by atoms with van der Waals surface area (Å²) in [5.74, 6) is -0.234. The number of likely N-dealkylation sites (N-methyl/N-ethyl adjacent to an activating group) is 1. The van der Waals surface area contributed by atoms with Crippen LogP contribution in [0.5, 0.6) is 0 Å². The van der Waals surface area contributed by atoms with E-state index in [1.807, 2.05) is 51.1 Å². The molecule has 3 N–H and O–H groups in total. The van der Waals surface area contributed by atoms with Gasteiger partial charge in [0.2, 0.25) is 11.8 Å². The Morgan fingerprint density at radius 2 is 1.79 bits per heavy atom. The van der Waals surface area contributed by atoms with Crippen molar-refractivity contribution in [2.75, 3.05) is 13.1 Å². The van der Waals surface area contributed by atoms with Crippen molar-refractivity contribution < 1.29 is 9.59 Å². The lowest BCUT2D eigenvalue weighted by atomic mass is 10.1. The minimum absolute atomic E-state index is 0. The normalized spacial score (nSPS) is 12.6. The molecule has 1 aromatic carbocycles. The number of nitrogens with one attached hydrogen (secondary N) is 3. The fourth-order valence-electron chi connectivity index (χ4n) is 2.38. The summed E-state index contributed by atoms with van der Waals surface area (Å²) in [5.41, 5.74) is 0.946. The zero-order chi connectivity index (χ0) is 17.1. The van der Waals surface area contributed by atoms with E-state index in [1.54, 1.807) is 0 Å². The second kappa shape index (κ2) is 12.8. The first-order valence-electron chi connectivity index (χ1n) is 8.41. The summed E-state index contributed by atoms with van der Waals surface area (Å²) in [6.07, 6.45) is 1.77. The SMILES string of the molecule is CCCC(NC(=O)Cc1ccccc1)C(=O)NC[C@@H](C)NCC.Cl. The lowest BCUT2D eigenvalue weighted by Crippen LogP contribution is -2.49. The Morgan fingerprint density at radius 3 is 2.38 bits per heavy atom. The molecular weight excluding hydrogens is 326 g/mol. The van der Waals surface area contributed by atoms with Crippen molar-refractivity contribution >= 4 is 24.2 Å². The summed E-state index contributed by atoms with van der Waals surface area (Å²) in [6, 6.07) is 9.29. The zero-order valence-corrected chi connectivity index (χ0v) is 15.6. The van der Waals surface area contributed by atoms with E-state index in [-0.39, 0.29) is 30.3 Å². The molecule has 136 valence electrons. The third-order valence-corrected chi connectivity index (χ3v) is 3.57. The van der Waals surface area contributed by atoms with E-state index in [2.05, 4.69) is 16.0 Å². The summed E-state index contributed by atoms with van der Waals surface area (Å²) in [4.78, 5) is 24.4. The zero-order valence-electron chi connectivity index (χ0n) is 14.8. The highest BCUT2D eigenvalue weighted by atomic mass is 35.5. The van der Waals surface area contributed by atoms with Crippen LogP contribution < -0.4 is 16.0 Å².